The highest BCUT2D eigenvalue weighted by Crippen LogP contribution is 2.27. The molecule has 0 saturated carbocycles. The molecule has 0 bridgehead atoms. The lowest BCUT2D eigenvalue weighted by molar-refractivity contribution is -0.126. The maximum Gasteiger partial charge on any atom is 0.339 e. The van der Waals surface area contributed by atoms with Gasteiger partial charge in [-0.2, -0.15) is 0 Å². The number of nitrogens with one attached hydrogen (secondary N) is 1. The van der Waals surface area contributed by atoms with Gasteiger partial charge in [-0.15, -0.1) is 11.8 Å². The van der Waals surface area contributed by atoms with Crippen molar-refractivity contribution in [3.05, 3.63) is 29.8 Å². The summed E-state index contributed by atoms with van der Waals surface area (Å²) in [5.41, 5.74) is 0.0395. The molecule has 0 atom stereocenters. The third-order valence-corrected chi connectivity index (χ3v) is 4.54. The Morgan fingerprint density at radius 1 is 1.08 bits per heavy atom. The molecule has 144 valence electrons. The van der Waals surface area contributed by atoms with Gasteiger partial charge in [-0.1, -0.05) is 32.9 Å². The smallest absolute Gasteiger partial charge is 0.339 e. The molecule has 0 saturated heterocycles. The second-order valence-corrected chi connectivity index (χ2v) is 9.25. The number of thioether (sulfide) groups is 1. The first-order valence-corrected chi connectivity index (χ1v) is 9.58. The highest BCUT2D eigenvalue weighted by molar-refractivity contribution is 8.00. The summed E-state index contributed by atoms with van der Waals surface area (Å²) in [5, 5.41) is 2.91. The molecular formula is C20H29NO4S. The predicted octanol–water partition coefficient (Wildman–Crippen LogP) is 3.86. The Balaban J connectivity index is 2.64. The first kappa shape index (κ1) is 22.2. The zero-order valence-electron chi connectivity index (χ0n) is 16.5. The zero-order valence-corrected chi connectivity index (χ0v) is 17.3. The SMILES string of the molecule is CC(=O)CSc1ccccc1C(=O)OCC(=O)NC(C)(C)CC(C)(C)C. The van der Waals surface area contributed by atoms with Crippen molar-refractivity contribution in [3.8, 4) is 0 Å². The van der Waals surface area contributed by atoms with Crippen molar-refractivity contribution in [3.63, 3.8) is 0 Å². The molecule has 0 aliphatic carbocycles. The molecular weight excluding hydrogens is 350 g/mol. The Bertz CT molecular complexity index is 662. The highest BCUT2D eigenvalue weighted by Gasteiger charge is 2.27. The summed E-state index contributed by atoms with van der Waals surface area (Å²) in [6.45, 7) is 11.4. The molecule has 1 aromatic carbocycles. The summed E-state index contributed by atoms with van der Waals surface area (Å²) in [4.78, 5) is 36.3. The van der Waals surface area contributed by atoms with Crippen LogP contribution in [-0.2, 0) is 14.3 Å². The van der Waals surface area contributed by atoms with E-state index in [1.165, 1.54) is 18.7 Å². The summed E-state index contributed by atoms with van der Waals surface area (Å²) < 4.78 is 5.16. The van der Waals surface area contributed by atoms with Gasteiger partial charge in [0, 0.05) is 10.4 Å². The lowest BCUT2D eigenvalue weighted by Gasteiger charge is -2.33. The standard InChI is InChI=1S/C20H29NO4S/c1-14(22)12-26-16-10-8-7-9-15(16)18(24)25-11-17(23)21-20(5,6)13-19(2,3)4/h7-10H,11-13H2,1-6H3,(H,21,23). The number of Topliss-reactive ketones (excluding diaryl/α,β-unsaturated/α-hetero) is 1. The van der Waals surface area contributed by atoms with Crippen LogP contribution in [-0.4, -0.2) is 35.6 Å². The number of ether oxygens (including phenoxy) is 1. The van der Waals surface area contributed by atoms with Crippen molar-refractivity contribution in [1.29, 1.82) is 0 Å². The predicted molar refractivity (Wildman–Crippen MR) is 104 cm³/mol. The maximum atomic E-state index is 12.3. The molecule has 0 aliphatic heterocycles. The Morgan fingerprint density at radius 2 is 1.69 bits per heavy atom. The van der Waals surface area contributed by atoms with E-state index in [0.29, 0.717) is 10.5 Å². The summed E-state index contributed by atoms with van der Waals surface area (Å²) in [7, 11) is 0. The fraction of sp³-hybridized carbons (Fsp3) is 0.550. The average Bonchev–Trinajstić information content (AvgIpc) is 2.47. The Hall–Kier alpha value is -1.82. The number of rotatable bonds is 8. The lowest BCUT2D eigenvalue weighted by Crippen LogP contribution is -2.47. The van der Waals surface area contributed by atoms with Crippen LogP contribution in [0.4, 0.5) is 0 Å². The van der Waals surface area contributed by atoms with Crippen molar-refractivity contribution in [2.24, 2.45) is 5.41 Å². The van der Waals surface area contributed by atoms with Crippen molar-refractivity contribution in [2.75, 3.05) is 12.4 Å². The number of hydrogen-bond donors (Lipinski definition) is 1. The summed E-state index contributed by atoms with van der Waals surface area (Å²) in [6.07, 6.45) is 0.796. The topological polar surface area (TPSA) is 72.5 Å². The molecule has 0 aromatic heterocycles. The Kier molecular flexibility index (Phi) is 7.87. The zero-order chi connectivity index (χ0) is 20.0. The first-order chi connectivity index (χ1) is 11.9. The third-order valence-electron chi connectivity index (χ3n) is 3.32. The third kappa shape index (κ3) is 8.52. The van der Waals surface area contributed by atoms with E-state index in [0.717, 1.165) is 6.42 Å². The molecule has 1 N–H and O–H groups in total. The first-order valence-electron chi connectivity index (χ1n) is 8.59. The molecule has 0 radical (unpaired) electrons. The molecule has 26 heavy (non-hydrogen) atoms. The second kappa shape index (κ2) is 9.21. The second-order valence-electron chi connectivity index (χ2n) is 8.23. The fourth-order valence-corrected chi connectivity index (χ4v) is 3.77. The van der Waals surface area contributed by atoms with Crippen LogP contribution >= 0.6 is 11.8 Å². The minimum absolute atomic E-state index is 0.0265. The van der Waals surface area contributed by atoms with Crippen LogP contribution in [0, 0.1) is 5.41 Å². The van der Waals surface area contributed by atoms with Crippen molar-refractivity contribution < 1.29 is 19.1 Å². The largest absolute Gasteiger partial charge is 0.452 e. The van der Waals surface area contributed by atoms with Crippen LogP contribution in [0.3, 0.4) is 0 Å². The number of benzene rings is 1. The molecule has 0 heterocycles. The van der Waals surface area contributed by atoms with Gasteiger partial charge in [-0.05, 0) is 44.7 Å². The summed E-state index contributed by atoms with van der Waals surface area (Å²) in [5.74, 6) is -0.591. The summed E-state index contributed by atoms with van der Waals surface area (Å²) in [6, 6.07) is 6.91. The molecule has 0 aliphatic rings. The summed E-state index contributed by atoms with van der Waals surface area (Å²) >= 11 is 1.28. The van der Waals surface area contributed by atoms with Crippen molar-refractivity contribution in [2.45, 2.75) is 58.4 Å². The van der Waals surface area contributed by atoms with Gasteiger partial charge in [0.1, 0.15) is 5.78 Å². The maximum absolute atomic E-state index is 12.3. The van der Waals surface area contributed by atoms with E-state index in [-0.39, 0.29) is 29.5 Å². The van der Waals surface area contributed by atoms with E-state index in [9.17, 15) is 14.4 Å². The quantitative estimate of drug-likeness (QED) is 0.548. The van der Waals surface area contributed by atoms with Crippen LogP contribution in [0.25, 0.3) is 0 Å². The molecule has 0 fully saturated rings. The number of hydrogen-bond acceptors (Lipinski definition) is 5. The number of carbonyl (C=O) groups is 3. The number of ketones is 1. The van der Waals surface area contributed by atoms with Gasteiger partial charge in [0.05, 0.1) is 11.3 Å². The lowest BCUT2D eigenvalue weighted by atomic mass is 9.82. The van der Waals surface area contributed by atoms with E-state index < -0.39 is 11.5 Å². The number of esters is 1. The molecule has 1 amide bonds. The van der Waals surface area contributed by atoms with Crippen LogP contribution in [0.15, 0.2) is 29.2 Å². The molecule has 1 aromatic rings. The molecule has 0 unspecified atom stereocenters. The van der Waals surface area contributed by atoms with Gasteiger partial charge in [-0.3, -0.25) is 9.59 Å². The molecule has 0 spiro atoms. The van der Waals surface area contributed by atoms with Gasteiger partial charge in [0.15, 0.2) is 6.61 Å². The van der Waals surface area contributed by atoms with Crippen molar-refractivity contribution >= 4 is 29.4 Å². The van der Waals surface area contributed by atoms with E-state index >= 15 is 0 Å². The van der Waals surface area contributed by atoms with E-state index in [1.54, 1.807) is 24.3 Å². The number of carbonyl (C=O) groups excluding carboxylic acids is 3. The van der Waals surface area contributed by atoms with E-state index in [2.05, 4.69) is 26.1 Å². The van der Waals surface area contributed by atoms with Crippen LogP contribution in [0.1, 0.15) is 58.3 Å². The number of amides is 1. The van der Waals surface area contributed by atoms with Gasteiger partial charge in [-0.25, -0.2) is 4.79 Å². The molecule has 1 rings (SSSR count). The highest BCUT2D eigenvalue weighted by atomic mass is 32.2. The van der Waals surface area contributed by atoms with Gasteiger partial charge in [0.2, 0.25) is 0 Å². The average molecular weight is 380 g/mol. The van der Waals surface area contributed by atoms with Gasteiger partial charge < -0.3 is 10.1 Å². The van der Waals surface area contributed by atoms with Crippen molar-refractivity contribution in [1.82, 2.24) is 5.32 Å². The Morgan fingerprint density at radius 3 is 2.27 bits per heavy atom. The van der Waals surface area contributed by atoms with Crippen LogP contribution < -0.4 is 5.32 Å². The molecule has 5 nitrogen and oxygen atoms in total. The minimum atomic E-state index is -0.569. The Labute approximate surface area is 160 Å². The normalized spacial score (nSPS) is 11.8. The van der Waals surface area contributed by atoms with Crippen LogP contribution in [0.5, 0.6) is 0 Å². The van der Waals surface area contributed by atoms with Crippen LogP contribution in [0.2, 0.25) is 0 Å². The van der Waals surface area contributed by atoms with E-state index in [1.807, 2.05) is 13.8 Å². The van der Waals surface area contributed by atoms with Gasteiger partial charge in [0.25, 0.3) is 5.91 Å². The fourth-order valence-electron chi connectivity index (χ4n) is 2.93. The molecule has 6 heteroatoms. The van der Waals surface area contributed by atoms with Gasteiger partial charge >= 0.3 is 5.97 Å². The van der Waals surface area contributed by atoms with E-state index in [4.69, 9.17) is 4.74 Å². The monoisotopic (exact) mass is 379 g/mol. The minimum Gasteiger partial charge on any atom is -0.452 e.